The summed E-state index contributed by atoms with van der Waals surface area (Å²) in [6.45, 7) is 6.66. The monoisotopic (exact) mass is 267 g/mol. The lowest BCUT2D eigenvalue weighted by Gasteiger charge is -2.39. The number of anilines is 1. The Morgan fingerprint density at radius 3 is 3.00 bits per heavy atom. The van der Waals surface area contributed by atoms with E-state index in [9.17, 15) is 0 Å². The summed E-state index contributed by atoms with van der Waals surface area (Å²) in [6.07, 6.45) is 1.78. The van der Waals surface area contributed by atoms with Crippen molar-refractivity contribution in [3.63, 3.8) is 0 Å². The maximum absolute atomic E-state index is 5.61. The third kappa shape index (κ3) is 3.10. The number of aromatic nitrogens is 1. The Bertz CT molecular complexity index is 432. The lowest BCUT2D eigenvalue weighted by atomic mass is 10.1. The van der Waals surface area contributed by atoms with Gasteiger partial charge in [-0.1, -0.05) is 12.2 Å². The van der Waals surface area contributed by atoms with E-state index in [2.05, 4.69) is 23.7 Å². The standard InChI is InChI=1S/C12H17N3S2/c1-12(2)8-15(5-6-17-12)9-3-4-14-10(7-9)11(13)16/h3-4,7H,5-6,8H2,1-2H3,(H2,13,16). The predicted octanol–water partition coefficient (Wildman–Crippen LogP) is 2.05. The minimum atomic E-state index is 0.297. The smallest absolute Gasteiger partial charge is 0.122 e. The summed E-state index contributed by atoms with van der Waals surface area (Å²) in [5, 5.41) is 0. The summed E-state index contributed by atoms with van der Waals surface area (Å²) in [5.41, 5.74) is 7.48. The number of hydrogen-bond acceptors (Lipinski definition) is 4. The molecule has 0 bridgehead atoms. The molecule has 0 unspecified atom stereocenters. The van der Waals surface area contributed by atoms with Gasteiger partial charge in [0.05, 0.1) is 5.69 Å². The fourth-order valence-corrected chi connectivity index (χ4v) is 3.21. The maximum Gasteiger partial charge on any atom is 0.122 e. The van der Waals surface area contributed by atoms with Gasteiger partial charge < -0.3 is 10.6 Å². The zero-order valence-electron chi connectivity index (χ0n) is 10.1. The Morgan fingerprint density at radius 2 is 2.35 bits per heavy atom. The second kappa shape index (κ2) is 4.82. The third-order valence-corrected chi connectivity index (χ3v) is 4.29. The van der Waals surface area contributed by atoms with Crippen LogP contribution in [0.5, 0.6) is 0 Å². The van der Waals surface area contributed by atoms with Gasteiger partial charge in [-0.3, -0.25) is 4.98 Å². The second-order valence-corrected chi connectivity index (χ2v) is 7.04. The van der Waals surface area contributed by atoms with Gasteiger partial charge in [-0.25, -0.2) is 0 Å². The Kier molecular flexibility index (Phi) is 3.58. The minimum Gasteiger partial charge on any atom is -0.388 e. The van der Waals surface area contributed by atoms with Gasteiger partial charge in [0.25, 0.3) is 0 Å². The molecule has 1 aliphatic heterocycles. The molecule has 5 heteroatoms. The first-order valence-corrected chi connectivity index (χ1v) is 7.02. The van der Waals surface area contributed by atoms with Gasteiger partial charge in [0.15, 0.2) is 0 Å². The van der Waals surface area contributed by atoms with Gasteiger partial charge in [0.2, 0.25) is 0 Å². The highest BCUT2D eigenvalue weighted by Crippen LogP contribution is 2.32. The Labute approximate surface area is 112 Å². The quantitative estimate of drug-likeness (QED) is 0.831. The van der Waals surface area contributed by atoms with E-state index in [1.807, 2.05) is 23.9 Å². The van der Waals surface area contributed by atoms with Crippen molar-refractivity contribution in [2.75, 3.05) is 23.7 Å². The van der Waals surface area contributed by atoms with Crippen molar-refractivity contribution in [2.45, 2.75) is 18.6 Å². The van der Waals surface area contributed by atoms with Gasteiger partial charge in [-0.2, -0.15) is 11.8 Å². The van der Waals surface area contributed by atoms with E-state index >= 15 is 0 Å². The molecule has 0 radical (unpaired) electrons. The minimum absolute atomic E-state index is 0.297. The SMILES string of the molecule is CC1(C)CN(c2ccnc(C(N)=S)c2)CCS1. The van der Waals surface area contributed by atoms with Crippen LogP contribution >= 0.6 is 24.0 Å². The molecule has 0 saturated carbocycles. The first-order chi connectivity index (χ1) is 7.98. The van der Waals surface area contributed by atoms with Crippen LogP contribution in [0.15, 0.2) is 18.3 Å². The normalized spacial score (nSPS) is 19.1. The average Bonchev–Trinajstić information content (AvgIpc) is 2.28. The molecule has 1 fully saturated rings. The average molecular weight is 267 g/mol. The van der Waals surface area contributed by atoms with Gasteiger partial charge in [-0.15, -0.1) is 0 Å². The van der Waals surface area contributed by atoms with Crippen LogP contribution in [-0.4, -0.2) is 33.6 Å². The van der Waals surface area contributed by atoms with E-state index in [1.54, 1.807) is 6.20 Å². The molecule has 2 rings (SSSR count). The van der Waals surface area contributed by atoms with Crippen LogP contribution in [-0.2, 0) is 0 Å². The molecule has 2 heterocycles. The first kappa shape index (κ1) is 12.6. The van der Waals surface area contributed by atoms with Gasteiger partial charge in [-0.05, 0) is 26.0 Å². The summed E-state index contributed by atoms with van der Waals surface area (Å²) >= 11 is 6.98. The maximum atomic E-state index is 5.61. The van der Waals surface area contributed by atoms with Gasteiger partial charge in [0, 0.05) is 35.5 Å². The van der Waals surface area contributed by atoms with Crippen molar-refractivity contribution in [3.8, 4) is 0 Å². The number of hydrogen-bond donors (Lipinski definition) is 1. The van der Waals surface area contributed by atoms with Crippen molar-refractivity contribution >= 4 is 34.7 Å². The van der Waals surface area contributed by atoms with Crippen LogP contribution in [0.3, 0.4) is 0 Å². The summed E-state index contributed by atoms with van der Waals surface area (Å²) < 4.78 is 0.297. The van der Waals surface area contributed by atoms with Crippen LogP contribution in [0.1, 0.15) is 19.5 Å². The molecule has 1 aliphatic rings. The molecule has 0 aliphatic carbocycles. The molecule has 0 spiro atoms. The van der Waals surface area contributed by atoms with Crippen LogP contribution < -0.4 is 10.6 Å². The van der Waals surface area contributed by atoms with E-state index in [0.717, 1.165) is 24.5 Å². The number of nitrogens with two attached hydrogens (primary N) is 1. The molecule has 92 valence electrons. The van der Waals surface area contributed by atoms with Crippen LogP contribution in [0.25, 0.3) is 0 Å². The Morgan fingerprint density at radius 1 is 1.59 bits per heavy atom. The fourth-order valence-electron chi connectivity index (χ4n) is 1.99. The Balaban J connectivity index is 2.22. The van der Waals surface area contributed by atoms with Crippen molar-refractivity contribution in [3.05, 3.63) is 24.0 Å². The molecule has 1 saturated heterocycles. The zero-order chi connectivity index (χ0) is 12.5. The van der Waals surface area contributed by atoms with E-state index in [4.69, 9.17) is 18.0 Å². The topological polar surface area (TPSA) is 42.2 Å². The molecule has 1 aromatic rings. The number of pyridine rings is 1. The van der Waals surface area contributed by atoms with Crippen LogP contribution in [0, 0.1) is 0 Å². The van der Waals surface area contributed by atoms with E-state index in [-0.39, 0.29) is 0 Å². The van der Waals surface area contributed by atoms with Crippen molar-refractivity contribution < 1.29 is 0 Å². The molecule has 3 nitrogen and oxygen atoms in total. The second-order valence-electron chi connectivity index (χ2n) is 4.79. The van der Waals surface area contributed by atoms with Crippen molar-refractivity contribution in [1.82, 2.24) is 4.98 Å². The van der Waals surface area contributed by atoms with Crippen LogP contribution in [0.4, 0.5) is 5.69 Å². The third-order valence-electron chi connectivity index (χ3n) is 2.79. The zero-order valence-corrected chi connectivity index (χ0v) is 11.8. The molecular formula is C12H17N3S2. The summed E-state index contributed by atoms with van der Waals surface area (Å²) in [7, 11) is 0. The lowest BCUT2D eigenvalue weighted by molar-refractivity contribution is 0.647. The number of rotatable bonds is 2. The van der Waals surface area contributed by atoms with Gasteiger partial charge >= 0.3 is 0 Å². The summed E-state index contributed by atoms with van der Waals surface area (Å²) in [4.78, 5) is 6.91. The molecule has 0 amide bonds. The lowest BCUT2D eigenvalue weighted by Crippen LogP contribution is -2.43. The number of thioether (sulfide) groups is 1. The Hall–Kier alpha value is -0.810. The molecule has 0 aromatic carbocycles. The largest absolute Gasteiger partial charge is 0.388 e. The molecular weight excluding hydrogens is 250 g/mol. The predicted molar refractivity (Wildman–Crippen MR) is 78.9 cm³/mol. The van der Waals surface area contributed by atoms with Crippen molar-refractivity contribution in [1.29, 1.82) is 0 Å². The van der Waals surface area contributed by atoms with Gasteiger partial charge in [0.1, 0.15) is 4.99 Å². The van der Waals surface area contributed by atoms with E-state index in [0.29, 0.717) is 15.4 Å². The summed E-state index contributed by atoms with van der Waals surface area (Å²) in [6, 6.07) is 4.00. The molecule has 0 atom stereocenters. The highest BCUT2D eigenvalue weighted by Gasteiger charge is 2.27. The first-order valence-electron chi connectivity index (χ1n) is 5.63. The molecule has 1 aromatic heterocycles. The van der Waals surface area contributed by atoms with E-state index in [1.165, 1.54) is 0 Å². The van der Waals surface area contributed by atoms with Crippen molar-refractivity contribution in [2.24, 2.45) is 5.73 Å². The molecule has 17 heavy (non-hydrogen) atoms. The highest BCUT2D eigenvalue weighted by atomic mass is 32.2. The van der Waals surface area contributed by atoms with E-state index < -0.39 is 0 Å². The number of nitrogens with zero attached hydrogens (tertiary/aromatic N) is 2. The highest BCUT2D eigenvalue weighted by molar-refractivity contribution is 8.00. The fraction of sp³-hybridized carbons (Fsp3) is 0.500. The molecule has 2 N–H and O–H groups in total. The van der Waals surface area contributed by atoms with Crippen LogP contribution in [0.2, 0.25) is 0 Å². The number of thiocarbonyl (C=S) groups is 1. The summed E-state index contributed by atoms with van der Waals surface area (Å²) in [5.74, 6) is 1.15.